The van der Waals surface area contributed by atoms with Gasteiger partial charge in [0, 0.05) is 29.6 Å². The van der Waals surface area contributed by atoms with Gasteiger partial charge in [-0.05, 0) is 26.0 Å². The molecule has 0 bridgehead atoms. The molecule has 102 valence electrons. The van der Waals surface area contributed by atoms with Crippen LogP contribution in [-0.4, -0.2) is 20.9 Å². The van der Waals surface area contributed by atoms with Gasteiger partial charge in [-0.2, -0.15) is 0 Å². The largest absolute Gasteiger partial charge is 0.493 e. The van der Waals surface area contributed by atoms with Crippen LogP contribution in [0.5, 0.6) is 5.88 Å². The second-order valence-corrected chi connectivity index (χ2v) is 5.76. The van der Waals surface area contributed by atoms with E-state index in [1.807, 2.05) is 19.9 Å². The number of thiazole rings is 1. The smallest absolute Gasteiger partial charge is 0.310 e. The van der Waals surface area contributed by atoms with Gasteiger partial charge in [0.05, 0.1) is 16.8 Å². The van der Waals surface area contributed by atoms with Crippen LogP contribution in [-0.2, 0) is 0 Å². The molecule has 0 aromatic carbocycles. The number of pyridine rings is 1. The Morgan fingerprint density at radius 2 is 2.25 bits per heavy atom. The van der Waals surface area contributed by atoms with E-state index >= 15 is 0 Å². The molecule has 3 heterocycles. The summed E-state index contributed by atoms with van der Waals surface area (Å²) in [6.07, 6.45) is 6.89. The first kappa shape index (κ1) is 12.8. The second-order valence-electron chi connectivity index (χ2n) is 4.77. The Hall–Kier alpha value is -2.21. The van der Waals surface area contributed by atoms with Crippen molar-refractivity contribution in [2.24, 2.45) is 4.99 Å². The van der Waals surface area contributed by atoms with Gasteiger partial charge >= 0.3 is 4.87 Å². The Balaban J connectivity index is 2.10. The molecule has 0 amide bonds. The standard InChI is InChI=1S/C14H13N3O2S/c1-8(2)17-13(18)12(20-14(17)19)5-9-6-16-11-7-15-4-3-10(9)11/h3-8,18H,1-2H3. The van der Waals surface area contributed by atoms with Crippen LogP contribution in [0.15, 0.2) is 28.2 Å². The highest BCUT2D eigenvalue weighted by Gasteiger charge is 2.17. The summed E-state index contributed by atoms with van der Waals surface area (Å²) >= 11 is 1.03. The molecular weight excluding hydrogens is 274 g/mol. The highest BCUT2D eigenvalue weighted by Crippen LogP contribution is 2.34. The van der Waals surface area contributed by atoms with Gasteiger partial charge in [-0.3, -0.25) is 19.3 Å². The molecule has 6 heteroatoms. The lowest BCUT2D eigenvalue weighted by Gasteiger charge is -2.06. The minimum Gasteiger partial charge on any atom is -0.493 e. The Morgan fingerprint density at radius 3 is 2.95 bits per heavy atom. The van der Waals surface area contributed by atoms with E-state index in [4.69, 9.17) is 0 Å². The molecule has 0 radical (unpaired) electrons. The third-order valence-corrected chi connectivity index (χ3v) is 3.99. The molecule has 2 aromatic rings. The van der Waals surface area contributed by atoms with Gasteiger partial charge in [0.15, 0.2) is 0 Å². The summed E-state index contributed by atoms with van der Waals surface area (Å²) in [5, 5.41) is 10.2. The zero-order valence-corrected chi connectivity index (χ0v) is 11.9. The molecule has 2 aromatic heterocycles. The number of nitrogens with zero attached hydrogens (tertiary/aromatic N) is 3. The van der Waals surface area contributed by atoms with Crippen LogP contribution < -0.4 is 4.87 Å². The number of aromatic hydroxyl groups is 1. The van der Waals surface area contributed by atoms with E-state index < -0.39 is 0 Å². The van der Waals surface area contributed by atoms with Gasteiger partial charge in [-0.25, -0.2) is 0 Å². The van der Waals surface area contributed by atoms with Crippen molar-refractivity contribution in [1.29, 1.82) is 0 Å². The van der Waals surface area contributed by atoms with Gasteiger partial charge < -0.3 is 5.11 Å². The Kier molecular flexibility index (Phi) is 3.02. The maximum atomic E-state index is 11.9. The molecule has 20 heavy (non-hydrogen) atoms. The van der Waals surface area contributed by atoms with Crippen molar-refractivity contribution >= 4 is 34.9 Å². The highest BCUT2D eigenvalue weighted by atomic mass is 32.1. The minimum absolute atomic E-state index is 0.0124. The molecule has 1 N–H and O–H groups in total. The Morgan fingerprint density at radius 1 is 1.45 bits per heavy atom. The van der Waals surface area contributed by atoms with Crippen LogP contribution in [0.2, 0.25) is 0 Å². The average molecular weight is 287 g/mol. The van der Waals surface area contributed by atoms with E-state index in [9.17, 15) is 9.90 Å². The first-order valence-electron chi connectivity index (χ1n) is 6.22. The fraction of sp³-hybridized carbons (Fsp3) is 0.214. The molecule has 3 rings (SSSR count). The van der Waals surface area contributed by atoms with Gasteiger partial charge in [0.2, 0.25) is 5.88 Å². The molecule has 5 nitrogen and oxygen atoms in total. The number of allylic oxidation sites excluding steroid dienone is 1. The van der Waals surface area contributed by atoms with Gasteiger partial charge in [0.25, 0.3) is 0 Å². The zero-order valence-electron chi connectivity index (χ0n) is 11.1. The van der Waals surface area contributed by atoms with E-state index in [0.717, 1.165) is 28.2 Å². The average Bonchev–Trinajstić information content (AvgIpc) is 2.93. The molecule has 0 fully saturated rings. The van der Waals surface area contributed by atoms with Crippen LogP contribution in [0.3, 0.4) is 0 Å². The predicted molar refractivity (Wildman–Crippen MR) is 80.9 cm³/mol. The lowest BCUT2D eigenvalue weighted by molar-refractivity contribution is 0.395. The lowest BCUT2D eigenvalue weighted by atomic mass is 10.1. The summed E-state index contributed by atoms with van der Waals surface area (Å²) in [5.74, 6) is 0.0124. The molecule has 1 aliphatic heterocycles. The molecule has 0 saturated heterocycles. The van der Waals surface area contributed by atoms with Gasteiger partial charge in [0.1, 0.15) is 0 Å². The van der Waals surface area contributed by atoms with Crippen LogP contribution >= 0.6 is 11.3 Å². The summed E-state index contributed by atoms with van der Waals surface area (Å²) in [7, 11) is 0. The normalized spacial score (nSPS) is 15.2. The van der Waals surface area contributed by atoms with Crippen molar-refractivity contribution in [3.63, 3.8) is 0 Å². The number of fused-ring (bicyclic) bond motifs is 1. The molecule has 0 aliphatic carbocycles. The second kappa shape index (κ2) is 4.72. The van der Waals surface area contributed by atoms with Crippen molar-refractivity contribution in [1.82, 2.24) is 9.55 Å². The summed E-state index contributed by atoms with van der Waals surface area (Å²) < 4.78 is 1.39. The fourth-order valence-corrected chi connectivity index (χ4v) is 3.10. The van der Waals surface area contributed by atoms with Crippen LogP contribution in [0, 0.1) is 0 Å². The molecule has 0 spiro atoms. The quantitative estimate of drug-likeness (QED) is 0.923. The number of hydrogen-bond donors (Lipinski definition) is 1. The highest BCUT2D eigenvalue weighted by molar-refractivity contribution is 7.10. The van der Waals surface area contributed by atoms with Crippen molar-refractivity contribution < 1.29 is 5.11 Å². The van der Waals surface area contributed by atoms with E-state index in [1.165, 1.54) is 4.57 Å². The van der Waals surface area contributed by atoms with Crippen molar-refractivity contribution in [3.05, 3.63) is 38.6 Å². The van der Waals surface area contributed by atoms with Gasteiger partial charge in [-0.1, -0.05) is 11.3 Å². The Bertz CT molecular complexity index is 784. The van der Waals surface area contributed by atoms with E-state index in [0.29, 0.717) is 4.88 Å². The molecule has 1 aliphatic rings. The molecular formula is C14H13N3O2S. The maximum absolute atomic E-state index is 11.9. The van der Waals surface area contributed by atoms with E-state index in [2.05, 4.69) is 9.98 Å². The number of hydrogen-bond acceptors (Lipinski definition) is 5. The first-order chi connectivity index (χ1) is 9.58. The summed E-state index contributed by atoms with van der Waals surface area (Å²) in [5.41, 5.74) is 2.63. The predicted octanol–water partition coefficient (Wildman–Crippen LogP) is 2.85. The minimum atomic E-state index is -0.158. The number of rotatable bonds is 2. The number of aliphatic imine (C=N–C) groups is 1. The molecule has 0 saturated carbocycles. The SMILES string of the molecule is CC(C)n1c(O)c(C=C2C=Nc3cnccc32)sc1=O. The monoisotopic (exact) mass is 287 g/mol. The zero-order chi connectivity index (χ0) is 14.3. The number of aromatic nitrogens is 2. The third kappa shape index (κ3) is 1.98. The van der Waals surface area contributed by atoms with Crippen LogP contribution in [0.25, 0.3) is 11.6 Å². The van der Waals surface area contributed by atoms with Crippen LogP contribution in [0.4, 0.5) is 5.69 Å². The first-order valence-corrected chi connectivity index (χ1v) is 7.04. The fourth-order valence-electron chi connectivity index (χ4n) is 2.14. The van der Waals surface area contributed by atoms with Crippen molar-refractivity contribution in [2.45, 2.75) is 19.9 Å². The molecule has 0 unspecified atom stereocenters. The van der Waals surface area contributed by atoms with E-state index in [1.54, 1.807) is 24.7 Å². The lowest BCUT2D eigenvalue weighted by Crippen LogP contribution is -2.14. The van der Waals surface area contributed by atoms with Crippen LogP contribution in [0.1, 0.15) is 30.3 Å². The maximum Gasteiger partial charge on any atom is 0.310 e. The molecule has 0 atom stereocenters. The summed E-state index contributed by atoms with van der Waals surface area (Å²) in [6, 6.07) is 1.80. The Labute approximate surface area is 119 Å². The van der Waals surface area contributed by atoms with Crippen molar-refractivity contribution in [3.8, 4) is 5.88 Å². The summed E-state index contributed by atoms with van der Waals surface area (Å²) in [6.45, 7) is 3.73. The van der Waals surface area contributed by atoms with E-state index in [-0.39, 0.29) is 16.8 Å². The van der Waals surface area contributed by atoms with Gasteiger partial charge in [-0.15, -0.1) is 0 Å². The summed E-state index contributed by atoms with van der Waals surface area (Å²) in [4.78, 5) is 20.5. The third-order valence-electron chi connectivity index (χ3n) is 3.10. The topological polar surface area (TPSA) is 67.5 Å². The van der Waals surface area contributed by atoms with Crippen molar-refractivity contribution in [2.75, 3.05) is 0 Å².